The van der Waals surface area contributed by atoms with Crippen molar-refractivity contribution in [1.29, 1.82) is 0 Å². The third-order valence-corrected chi connectivity index (χ3v) is 2.27. The molecule has 0 aliphatic carbocycles. The fourth-order valence-corrected chi connectivity index (χ4v) is 1.84. The van der Waals surface area contributed by atoms with E-state index in [1.807, 2.05) is 13.8 Å². The molecule has 0 spiro atoms. The molecule has 0 radical (unpaired) electrons. The molecule has 4 nitrogen and oxygen atoms in total. The lowest BCUT2D eigenvalue weighted by Crippen LogP contribution is -2.29. The zero-order valence-electron chi connectivity index (χ0n) is 7.46. The molecular formula is C7H12Br2O4. The minimum Gasteiger partial charge on any atom is -0.342 e. The summed E-state index contributed by atoms with van der Waals surface area (Å²) in [7, 11) is 0. The van der Waals surface area contributed by atoms with Crippen molar-refractivity contribution in [2.24, 2.45) is 0 Å². The largest absolute Gasteiger partial charge is 0.342 e. The van der Waals surface area contributed by atoms with Crippen molar-refractivity contribution in [3.8, 4) is 0 Å². The second-order valence-corrected chi connectivity index (χ2v) is 4.18. The van der Waals surface area contributed by atoms with Crippen LogP contribution in [0.2, 0.25) is 0 Å². The molecule has 0 N–H and O–H groups in total. The molecule has 13 heavy (non-hydrogen) atoms. The second-order valence-electron chi connectivity index (χ2n) is 3.26. The van der Waals surface area contributed by atoms with E-state index < -0.39 is 5.79 Å². The summed E-state index contributed by atoms with van der Waals surface area (Å²) in [5.41, 5.74) is 0. The van der Waals surface area contributed by atoms with E-state index in [1.54, 1.807) is 0 Å². The Morgan fingerprint density at radius 3 is 1.77 bits per heavy atom. The van der Waals surface area contributed by atoms with Gasteiger partial charge in [0.15, 0.2) is 5.79 Å². The van der Waals surface area contributed by atoms with Crippen LogP contribution in [0.15, 0.2) is 0 Å². The maximum atomic E-state index is 5.58. The van der Waals surface area contributed by atoms with E-state index in [1.165, 1.54) is 0 Å². The Morgan fingerprint density at radius 1 is 1.08 bits per heavy atom. The lowest BCUT2D eigenvalue weighted by Gasteiger charge is -2.16. The molecule has 2 atom stereocenters. The van der Waals surface area contributed by atoms with Crippen molar-refractivity contribution in [3.05, 3.63) is 0 Å². The van der Waals surface area contributed by atoms with Crippen molar-refractivity contribution in [1.82, 2.24) is 0 Å². The van der Waals surface area contributed by atoms with Crippen molar-refractivity contribution in [2.45, 2.75) is 31.8 Å². The number of rotatable bonds is 4. The molecule has 1 rings (SSSR count). The molecule has 0 bridgehead atoms. The summed E-state index contributed by atoms with van der Waals surface area (Å²) >= 11 is 5.77. The molecule has 1 fully saturated rings. The maximum absolute atomic E-state index is 5.58. The topological polar surface area (TPSA) is 36.9 Å². The van der Waals surface area contributed by atoms with E-state index in [9.17, 15) is 0 Å². The molecule has 0 aromatic rings. The zero-order chi connectivity index (χ0) is 9.90. The van der Waals surface area contributed by atoms with Gasteiger partial charge in [-0.2, -0.15) is 0 Å². The first-order valence-corrected chi connectivity index (χ1v) is 5.21. The van der Waals surface area contributed by atoms with Crippen LogP contribution in [-0.2, 0) is 17.1 Å². The summed E-state index contributed by atoms with van der Waals surface area (Å²) in [5, 5.41) is 0. The molecule has 1 aliphatic rings. The Hall–Kier alpha value is 0.800. The first-order valence-electron chi connectivity index (χ1n) is 3.92. The summed E-state index contributed by atoms with van der Waals surface area (Å²) in [4.78, 5) is 0. The highest BCUT2D eigenvalue weighted by molar-refractivity contribution is 9.06. The van der Waals surface area contributed by atoms with Crippen LogP contribution in [-0.4, -0.2) is 31.2 Å². The first kappa shape index (κ1) is 11.9. The molecule has 1 saturated heterocycles. The number of ether oxygens (including phenoxy) is 2. The standard InChI is InChI=1S/C7H12Br2O4/c1-7(2)12-5(3-10-8)6(13-7)4-11-9/h5-6H,3-4H2,1-2H3/t5-,6-/m0/s1. The third-order valence-electron chi connectivity index (χ3n) is 1.74. The highest BCUT2D eigenvalue weighted by atomic mass is 79.9. The molecule has 0 aromatic carbocycles. The second kappa shape index (κ2) is 5.04. The predicted molar refractivity (Wildman–Crippen MR) is 53.6 cm³/mol. The van der Waals surface area contributed by atoms with E-state index in [0.29, 0.717) is 13.2 Å². The van der Waals surface area contributed by atoms with E-state index in [4.69, 9.17) is 17.1 Å². The van der Waals surface area contributed by atoms with E-state index in [-0.39, 0.29) is 12.2 Å². The third kappa shape index (κ3) is 3.45. The summed E-state index contributed by atoms with van der Waals surface area (Å²) < 4.78 is 20.8. The minimum absolute atomic E-state index is 0.105. The van der Waals surface area contributed by atoms with Gasteiger partial charge in [-0.25, -0.2) is 0 Å². The maximum Gasteiger partial charge on any atom is 0.163 e. The van der Waals surface area contributed by atoms with Crippen molar-refractivity contribution in [2.75, 3.05) is 13.2 Å². The van der Waals surface area contributed by atoms with Gasteiger partial charge in [0.2, 0.25) is 0 Å². The van der Waals surface area contributed by atoms with Crippen molar-refractivity contribution in [3.63, 3.8) is 0 Å². The Kier molecular flexibility index (Phi) is 4.61. The highest BCUT2D eigenvalue weighted by Crippen LogP contribution is 2.29. The monoisotopic (exact) mass is 318 g/mol. The summed E-state index contributed by atoms with van der Waals surface area (Å²) in [6, 6.07) is 0. The fraction of sp³-hybridized carbons (Fsp3) is 1.00. The molecular weight excluding hydrogens is 308 g/mol. The molecule has 0 amide bonds. The van der Waals surface area contributed by atoms with Crippen LogP contribution in [0, 0.1) is 0 Å². The van der Waals surface area contributed by atoms with Crippen LogP contribution < -0.4 is 0 Å². The zero-order valence-corrected chi connectivity index (χ0v) is 10.6. The van der Waals surface area contributed by atoms with Gasteiger partial charge in [0.05, 0.1) is 45.7 Å². The lowest BCUT2D eigenvalue weighted by molar-refractivity contribution is -0.149. The SMILES string of the molecule is CC1(C)O[C@@H](COBr)[C@H](COBr)O1. The normalized spacial score (nSPS) is 32.3. The smallest absolute Gasteiger partial charge is 0.163 e. The van der Waals surface area contributed by atoms with Gasteiger partial charge in [0.1, 0.15) is 12.2 Å². The van der Waals surface area contributed by atoms with Crippen LogP contribution in [0.5, 0.6) is 0 Å². The van der Waals surface area contributed by atoms with Gasteiger partial charge in [0.25, 0.3) is 0 Å². The Balaban J connectivity index is 2.49. The number of halogens is 2. The summed E-state index contributed by atoms with van der Waals surface area (Å²) in [5.74, 6) is -0.563. The van der Waals surface area contributed by atoms with E-state index >= 15 is 0 Å². The Labute approximate surface area is 94.8 Å². The Bertz CT molecular complexity index is 149. The van der Waals surface area contributed by atoms with Crippen molar-refractivity contribution < 1.29 is 17.1 Å². The molecule has 0 aromatic heterocycles. The average molecular weight is 320 g/mol. The Morgan fingerprint density at radius 2 is 1.46 bits per heavy atom. The van der Waals surface area contributed by atoms with Crippen molar-refractivity contribution >= 4 is 32.5 Å². The van der Waals surface area contributed by atoms with Gasteiger partial charge in [0, 0.05) is 0 Å². The van der Waals surface area contributed by atoms with Gasteiger partial charge < -0.3 is 17.1 Å². The van der Waals surface area contributed by atoms with E-state index in [0.717, 1.165) is 0 Å². The van der Waals surface area contributed by atoms with Crippen LogP contribution in [0.4, 0.5) is 0 Å². The van der Waals surface area contributed by atoms with Gasteiger partial charge in [-0.1, -0.05) is 0 Å². The molecule has 0 saturated carbocycles. The van der Waals surface area contributed by atoms with Crippen LogP contribution in [0.1, 0.15) is 13.8 Å². The quantitative estimate of drug-likeness (QED) is 0.795. The van der Waals surface area contributed by atoms with E-state index in [2.05, 4.69) is 32.5 Å². The number of hydrogen-bond acceptors (Lipinski definition) is 4. The van der Waals surface area contributed by atoms with Crippen LogP contribution in [0.3, 0.4) is 0 Å². The van der Waals surface area contributed by atoms with Crippen LogP contribution in [0.25, 0.3) is 0 Å². The average Bonchev–Trinajstić information content (AvgIpc) is 2.28. The fourth-order valence-electron chi connectivity index (χ4n) is 1.32. The summed E-state index contributed by atoms with van der Waals surface area (Å²) in [6.45, 7) is 4.60. The van der Waals surface area contributed by atoms with Gasteiger partial charge in [-0.15, -0.1) is 0 Å². The summed E-state index contributed by atoms with van der Waals surface area (Å²) in [6.07, 6.45) is -0.209. The van der Waals surface area contributed by atoms with Crippen LogP contribution >= 0.6 is 32.5 Å². The van der Waals surface area contributed by atoms with Gasteiger partial charge in [-0.3, -0.25) is 0 Å². The molecule has 1 heterocycles. The predicted octanol–water partition coefficient (Wildman–Crippen LogP) is 2.16. The molecule has 1 aliphatic heterocycles. The number of hydrogen-bond donors (Lipinski definition) is 0. The van der Waals surface area contributed by atoms with Gasteiger partial charge >= 0.3 is 0 Å². The highest BCUT2D eigenvalue weighted by Gasteiger charge is 2.41. The lowest BCUT2D eigenvalue weighted by atomic mass is 10.2. The molecule has 78 valence electrons. The molecule has 6 heteroatoms. The minimum atomic E-state index is -0.563. The molecule has 0 unspecified atom stereocenters. The first-order chi connectivity index (χ1) is 6.09. The van der Waals surface area contributed by atoms with Gasteiger partial charge in [-0.05, 0) is 13.8 Å².